The van der Waals surface area contributed by atoms with Crippen LogP contribution in [0.15, 0.2) is 59.0 Å². The number of oxazole rings is 1. The van der Waals surface area contributed by atoms with E-state index in [0.29, 0.717) is 24.9 Å². The maximum atomic E-state index is 14.0. The molecule has 2 aromatic rings. The van der Waals surface area contributed by atoms with Gasteiger partial charge in [-0.3, -0.25) is 4.79 Å². The standard InChI is InChI=1S/C23H21F4N3O3/c1-22(5-4-14(11-29-22)23(25,26)27)33-19-9-13-8-18(19)30(12-13)21(31)17-10-15(24)2-3-16(17)20-28-6-7-32-20/h2-7,10-11,13,18-19,29H,8-9,12H2,1H3. The van der Waals surface area contributed by atoms with E-state index in [9.17, 15) is 22.4 Å². The van der Waals surface area contributed by atoms with Gasteiger partial charge in [0, 0.05) is 12.7 Å². The molecular weight excluding hydrogens is 442 g/mol. The Bertz CT molecular complexity index is 1130. The largest absolute Gasteiger partial charge is 0.445 e. The van der Waals surface area contributed by atoms with Crippen molar-refractivity contribution in [1.29, 1.82) is 0 Å². The lowest BCUT2D eigenvalue weighted by molar-refractivity contribution is -0.101. The minimum Gasteiger partial charge on any atom is -0.445 e. The molecule has 3 aliphatic rings. The van der Waals surface area contributed by atoms with E-state index in [4.69, 9.17) is 9.15 Å². The van der Waals surface area contributed by atoms with E-state index < -0.39 is 23.3 Å². The highest BCUT2D eigenvalue weighted by atomic mass is 19.4. The fourth-order valence-electron chi connectivity index (χ4n) is 4.85. The Kier molecular flexibility index (Phi) is 5.08. The number of allylic oxidation sites excluding steroid dienone is 2. The number of amides is 1. The first kappa shape index (κ1) is 21.7. The van der Waals surface area contributed by atoms with Crippen LogP contribution in [0.25, 0.3) is 11.5 Å². The minimum absolute atomic E-state index is 0.142. The number of benzene rings is 1. The second kappa shape index (κ2) is 7.72. The molecule has 6 nitrogen and oxygen atoms in total. The van der Waals surface area contributed by atoms with E-state index in [1.165, 1.54) is 36.7 Å². The van der Waals surface area contributed by atoms with Crippen molar-refractivity contribution >= 4 is 5.91 Å². The number of alkyl halides is 3. The third kappa shape index (κ3) is 4.03. The van der Waals surface area contributed by atoms with Gasteiger partial charge in [0.2, 0.25) is 5.89 Å². The summed E-state index contributed by atoms with van der Waals surface area (Å²) in [7, 11) is 0. The van der Waals surface area contributed by atoms with Gasteiger partial charge in [0.1, 0.15) is 12.1 Å². The predicted octanol–water partition coefficient (Wildman–Crippen LogP) is 4.42. The Morgan fingerprint density at radius 2 is 2.15 bits per heavy atom. The molecule has 1 saturated carbocycles. The maximum Gasteiger partial charge on any atom is 0.417 e. The number of aromatic nitrogens is 1. The molecule has 1 N–H and O–H groups in total. The van der Waals surface area contributed by atoms with E-state index in [0.717, 1.165) is 12.3 Å². The third-order valence-electron chi connectivity index (χ3n) is 6.38. The molecule has 174 valence electrons. The van der Waals surface area contributed by atoms with Gasteiger partial charge in [0.25, 0.3) is 5.91 Å². The summed E-state index contributed by atoms with van der Waals surface area (Å²) in [6.45, 7) is 2.14. The topological polar surface area (TPSA) is 67.6 Å². The van der Waals surface area contributed by atoms with E-state index in [1.54, 1.807) is 11.8 Å². The molecule has 5 rings (SSSR count). The monoisotopic (exact) mass is 463 g/mol. The highest BCUT2D eigenvalue weighted by Gasteiger charge is 2.50. The average Bonchev–Trinajstić information content (AvgIpc) is 3.50. The van der Waals surface area contributed by atoms with Crippen molar-refractivity contribution in [1.82, 2.24) is 15.2 Å². The molecule has 1 aromatic carbocycles. The number of rotatable bonds is 4. The van der Waals surface area contributed by atoms with Crippen molar-refractivity contribution < 1.29 is 31.5 Å². The van der Waals surface area contributed by atoms with Crippen LogP contribution in [0.1, 0.15) is 30.1 Å². The first-order chi connectivity index (χ1) is 15.6. The van der Waals surface area contributed by atoms with Crippen molar-refractivity contribution in [2.75, 3.05) is 6.54 Å². The Balaban J connectivity index is 1.35. The number of carbonyl (C=O) groups excluding carboxylic acids is 1. The fraction of sp³-hybridized carbons (Fsp3) is 0.391. The molecule has 2 bridgehead atoms. The molecule has 33 heavy (non-hydrogen) atoms. The lowest BCUT2D eigenvalue weighted by atomic mass is 10.0. The van der Waals surface area contributed by atoms with Gasteiger partial charge in [-0.15, -0.1) is 0 Å². The molecule has 4 unspecified atom stereocenters. The summed E-state index contributed by atoms with van der Waals surface area (Å²) in [5.74, 6) is -0.505. The molecular formula is C23H21F4N3O3. The van der Waals surface area contributed by atoms with Crippen molar-refractivity contribution in [3.63, 3.8) is 0 Å². The molecule has 0 radical (unpaired) electrons. The van der Waals surface area contributed by atoms with Crippen LogP contribution in [0, 0.1) is 11.7 Å². The first-order valence-corrected chi connectivity index (χ1v) is 10.6. The van der Waals surface area contributed by atoms with Gasteiger partial charge < -0.3 is 19.4 Å². The van der Waals surface area contributed by atoms with Crippen LogP contribution in [-0.2, 0) is 4.74 Å². The number of ether oxygens (including phenoxy) is 1. The number of nitrogens with one attached hydrogen (secondary N) is 1. The molecule has 1 saturated heterocycles. The van der Waals surface area contributed by atoms with Crippen molar-refractivity contribution in [2.45, 2.75) is 43.8 Å². The van der Waals surface area contributed by atoms with Gasteiger partial charge in [-0.1, -0.05) is 0 Å². The molecule has 3 heterocycles. The summed E-state index contributed by atoms with van der Waals surface area (Å²) >= 11 is 0. The van der Waals surface area contributed by atoms with Gasteiger partial charge in [0.15, 0.2) is 5.72 Å². The highest BCUT2D eigenvalue weighted by molar-refractivity contribution is 6.00. The number of hydrogen-bond donors (Lipinski definition) is 1. The van der Waals surface area contributed by atoms with Crippen LogP contribution in [0.4, 0.5) is 17.6 Å². The summed E-state index contributed by atoms with van der Waals surface area (Å²) < 4.78 is 64.2. The van der Waals surface area contributed by atoms with E-state index >= 15 is 0 Å². The fourth-order valence-corrected chi connectivity index (χ4v) is 4.85. The van der Waals surface area contributed by atoms with Crippen LogP contribution in [0.3, 0.4) is 0 Å². The van der Waals surface area contributed by atoms with Crippen molar-refractivity contribution in [3.05, 3.63) is 66.0 Å². The van der Waals surface area contributed by atoms with E-state index in [-0.39, 0.29) is 35.4 Å². The van der Waals surface area contributed by atoms with E-state index in [2.05, 4.69) is 10.3 Å². The average molecular weight is 463 g/mol. The summed E-state index contributed by atoms with van der Waals surface area (Å²) in [6.07, 6.45) is 2.60. The number of hydrogen-bond acceptors (Lipinski definition) is 5. The number of halogens is 4. The predicted molar refractivity (Wildman–Crippen MR) is 109 cm³/mol. The highest BCUT2D eigenvalue weighted by Crippen LogP contribution is 2.42. The Hall–Kier alpha value is -3.14. The maximum absolute atomic E-state index is 14.0. The van der Waals surface area contributed by atoms with Gasteiger partial charge in [-0.25, -0.2) is 9.37 Å². The molecule has 4 atom stereocenters. The van der Waals surface area contributed by atoms with Gasteiger partial charge in [-0.2, -0.15) is 13.2 Å². The number of fused-ring (bicyclic) bond motifs is 2. The number of carbonyl (C=O) groups is 1. The van der Waals surface area contributed by atoms with Crippen molar-refractivity contribution in [3.8, 4) is 11.5 Å². The quantitative estimate of drug-likeness (QED) is 0.680. The van der Waals surface area contributed by atoms with Crippen LogP contribution < -0.4 is 5.32 Å². The third-order valence-corrected chi connectivity index (χ3v) is 6.38. The van der Waals surface area contributed by atoms with Gasteiger partial charge in [0.05, 0.1) is 35.0 Å². The summed E-state index contributed by atoms with van der Waals surface area (Å²) in [4.78, 5) is 19.2. The number of piperidine rings is 1. The summed E-state index contributed by atoms with van der Waals surface area (Å²) in [6, 6.07) is 3.59. The Morgan fingerprint density at radius 3 is 2.79 bits per heavy atom. The number of dihydropyridines is 1. The molecule has 0 spiro atoms. The SMILES string of the molecule is CC1(OC2CC3CC2N(C(=O)c2cc(F)ccc2-c2ncco2)C3)C=CC(C(F)(F)F)=CN1. The molecule has 10 heteroatoms. The van der Waals surface area contributed by atoms with Crippen molar-refractivity contribution in [2.24, 2.45) is 5.92 Å². The lowest BCUT2D eigenvalue weighted by Gasteiger charge is -2.39. The van der Waals surface area contributed by atoms with Gasteiger partial charge >= 0.3 is 6.18 Å². The number of nitrogens with zero attached hydrogens (tertiary/aromatic N) is 2. The number of likely N-dealkylation sites (tertiary alicyclic amines) is 1. The Labute approximate surface area is 186 Å². The zero-order valence-corrected chi connectivity index (χ0v) is 17.6. The summed E-state index contributed by atoms with van der Waals surface area (Å²) in [5, 5.41) is 2.68. The van der Waals surface area contributed by atoms with Gasteiger partial charge in [-0.05, 0) is 56.0 Å². The molecule has 1 amide bonds. The second-order valence-corrected chi connectivity index (χ2v) is 8.73. The van der Waals surface area contributed by atoms with Crippen LogP contribution in [0.5, 0.6) is 0 Å². The smallest absolute Gasteiger partial charge is 0.417 e. The molecule has 2 fully saturated rings. The van der Waals surface area contributed by atoms with Crippen LogP contribution in [-0.4, -0.2) is 46.4 Å². The normalized spacial score (nSPS) is 28.7. The first-order valence-electron chi connectivity index (χ1n) is 10.6. The minimum atomic E-state index is -4.45. The Morgan fingerprint density at radius 1 is 1.33 bits per heavy atom. The molecule has 1 aromatic heterocycles. The zero-order chi connectivity index (χ0) is 23.4. The second-order valence-electron chi connectivity index (χ2n) is 8.73. The van der Waals surface area contributed by atoms with Crippen LogP contribution in [0.2, 0.25) is 0 Å². The molecule has 2 aliphatic heterocycles. The summed E-state index contributed by atoms with van der Waals surface area (Å²) in [5.41, 5.74) is -1.40. The lowest BCUT2D eigenvalue weighted by Crippen LogP contribution is -2.52. The van der Waals surface area contributed by atoms with E-state index in [1.807, 2.05) is 0 Å². The molecule has 1 aliphatic carbocycles. The zero-order valence-electron chi connectivity index (χ0n) is 17.6. The van der Waals surface area contributed by atoms with Crippen LogP contribution >= 0.6 is 0 Å².